The highest BCUT2D eigenvalue weighted by Crippen LogP contribution is 2.44. The minimum absolute atomic E-state index is 0.0349. The van der Waals surface area contributed by atoms with Crippen LogP contribution in [0.5, 0.6) is 0 Å². The molecular weight excluding hydrogens is 294 g/mol. The average Bonchev–Trinajstić information content (AvgIpc) is 2.63. The summed E-state index contributed by atoms with van der Waals surface area (Å²) in [4.78, 5) is 15.2. The van der Waals surface area contributed by atoms with E-state index in [0.717, 1.165) is 17.7 Å². The minimum Gasteiger partial charge on any atom is -0.312 e. The largest absolute Gasteiger partial charge is 0.312 e. The fourth-order valence-electron chi connectivity index (χ4n) is 3.88. The zero-order valence-electron chi connectivity index (χ0n) is 14.7. The van der Waals surface area contributed by atoms with E-state index in [-0.39, 0.29) is 17.2 Å². The van der Waals surface area contributed by atoms with Gasteiger partial charge in [0.05, 0.1) is 5.92 Å². The number of amides is 1. The molecule has 0 bridgehead atoms. The van der Waals surface area contributed by atoms with Gasteiger partial charge in [-0.1, -0.05) is 74.5 Å². The first kappa shape index (κ1) is 16.5. The van der Waals surface area contributed by atoms with Crippen LogP contribution in [-0.2, 0) is 10.2 Å². The van der Waals surface area contributed by atoms with Gasteiger partial charge in [-0.15, -0.1) is 0 Å². The molecule has 2 aromatic carbocycles. The van der Waals surface area contributed by atoms with Gasteiger partial charge in [-0.25, -0.2) is 0 Å². The Kier molecular flexibility index (Phi) is 4.57. The molecule has 3 rings (SSSR count). The number of allylic oxidation sites excluding steroid dienone is 1. The van der Waals surface area contributed by atoms with Crippen molar-refractivity contribution in [1.29, 1.82) is 0 Å². The van der Waals surface area contributed by atoms with Crippen molar-refractivity contribution in [2.75, 3.05) is 6.54 Å². The molecule has 1 amide bonds. The zero-order chi connectivity index (χ0) is 17.2. The van der Waals surface area contributed by atoms with E-state index in [0.29, 0.717) is 6.54 Å². The third-order valence-electron chi connectivity index (χ3n) is 5.21. The number of benzene rings is 2. The van der Waals surface area contributed by atoms with Crippen LogP contribution >= 0.6 is 0 Å². The van der Waals surface area contributed by atoms with Gasteiger partial charge < -0.3 is 4.90 Å². The van der Waals surface area contributed by atoms with Crippen LogP contribution in [0, 0.1) is 5.92 Å². The van der Waals surface area contributed by atoms with E-state index in [1.807, 2.05) is 36.1 Å². The molecule has 0 spiro atoms. The van der Waals surface area contributed by atoms with Crippen LogP contribution in [-0.4, -0.2) is 17.4 Å². The van der Waals surface area contributed by atoms with Gasteiger partial charge in [0.15, 0.2) is 0 Å². The highest BCUT2D eigenvalue weighted by Gasteiger charge is 2.44. The summed E-state index contributed by atoms with van der Waals surface area (Å²) in [5, 5.41) is 0. The molecule has 1 aliphatic rings. The Morgan fingerprint density at radius 1 is 0.958 bits per heavy atom. The third kappa shape index (κ3) is 2.66. The Hall–Kier alpha value is -2.35. The van der Waals surface area contributed by atoms with E-state index in [1.54, 1.807) is 0 Å². The predicted molar refractivity (Wildman–Crippen MR) is 99.4 cm³/mol. The molecule has 0 saturated heterocycles. The summed E-state index contributed by atoms with van der Waals surface area (Å²) in [6, 6.07) is 20.6. The van der Waals surface area contributed by atoms with Gasteiger partial charge in [-0.05, 0) is 30.5 Å². The molecule has 2 nitrogen and oxygen atoms in total. The third-order valence-corrected chi connectivity index (χ3v) is 5.21. The molecule has 0 radical (unpaired) electrons. The summed E-state index contributed by atoms with van der Waals surface area (Å²) >= 11 is 0. The van der Waals surface area contributed by atoms with Crippen molar-refractivity contribution < 1.29 is 4.79 Å². The fourth-order valence-corrected chi connectivity index (χ4v) is 3.88. The van der Waals surface area contributed by atoms with Gasteiger partial charge >= 0.3 is 0 Å². The maximum atomic E-state index is 13.2. The number of rotatable bonds is 4. The molecule has 0 saturated carbocycles. The Bertz CT molecular complexity index is 735. The van der Waals surface area contributed by atoms with Crippen molar-refractivity contribution in [3.63, 3.8) is 0 Å². The van der Waals surface area contributed by atoms with E-state index in [4.69, 9.17) is 0 Å². The molecular formula is C22H25NO. The van der Waals surface area contributed by atoms with Crippen molar-refractivity contribution in [3.8, 4) is 0 Å². The molecule has 124 valence electrons. The van der Waals surface area contributed by atoms with Crippen LogP contribution in [0.3, 0.4) is 0 Å². The Balaban J connectivity index is 2.21. The molecule has 2 unspecified atom stereocenters. The van der Waals surface area contributed by atoms with Crippen LogP contribution in [0.1, 0.15) is 38.3 Å². The second-order valence-corrected chi connectivity index (χ2v) is 6.59. The lowest BCUT2D eigenvalue weighted by molar-refractivity contribution is -0.134. The second-order valence-electron chi connectivity index (χ2n) is 6.59. The van der Waals surface area contributed by atoms with Gasteiger partial charge in [0.25, 0.3) is 0 Å². The summed E-state index contributed by atoms with van der Waals surface area (Å²) in [5.41, 5.74) is 3.04. The maximum absolute atomic E-state index is 13.2. The molecule has 0 aliphatic carbocycles. The average molecular weight is 319 g/mol. The SMILES string of the molecule is CCC1C(=O)N(CC)C(c2ccccc2)=CC1(C)c1ccccc1. The van der Waals surface area contributed by atoms with Crippen molar-refractivity contribution in [2.45, 2.75) is 32.6 Å². The zero-order valence-corrected chi connectivity index (χ0v) is 14.7. The molecule has 2 heteroatoms. The topological polar surface area (TPSA) is 20.3 Å². The first-order valence-corrected chi connectivity index (χ1v) is 8.77. The van der Waals surface area contributed by atoms with Crippen LogP contribution in [0.2, 0.25) is 0 Å². The van der Waals surface area contributed by atoms with Gasteiger partial charge in [-0.2, -0.15) is 0 Å². The number of hydrogen-bond donors (Lipinski definition) is 0. The quantitative estimate of drug-likeness (QED) is 0.787. The summed E-state index contributed by atoms with van der Waals surface area (Å²) < 4.78 is 0. The summed E-state index contributed by atoms with van der Waals surface area (Å²) in [6.45, 7) is 7.05. The van der Waals surface area contributed by atoms with Gasteiger partial charge in [0.1, 0.15) is 0 Å². The van der Waals surface area contributed by atoms with E-state index < -0.39 is 0 Å². The molecule has 1 heterocycles. The summed E-state index contributed by atoms with van der Waals surface area (Å²) in [6.07, 6.45) is 3.13. The number of nitrogens with zero attached hydrogens (tertiary/aromatic N) is 1. The van der Waals surface area contributed by atoms with Crippen LogP contribution in [0.25, 0.3) is 5.70 Å². The molecule has 2 atom stereocenters. The highest BCUT2D eigenvalue weighted by atomic mass is 16.2. The summed E-state index contributed by atoms with van der Waals surface area (Å²) in [7, 11) is 0. The second kappa shape index (κ2) is 6.64. The van der Waals surface area contributed by atoms with Gasteiger partial charge in [0, 0.05) is 17.7 Å². The molecule has 1 aliphatic heterocycles. The Morgan fingerprint density at radius 3 is 2.08 bits per heavy atom. The Morgan fingerprint density at radius 2 is 1.54 bits per heavy atom. The first-order valence-electron chi connectivity index (χ1n) is 8.77. The van der Waals surface area contributed by atoms with Gasteiger partial charge in [0.2, 0.25) is 5.91 Å². The number of hydrogen-bond acceptors (Lipinski definition) is 1. The lowest BCUT2D eigenvalue weighted by Crippen LogP contribution is -2.48. The first-order chi connectivity index (χ1) is 11.6. The lowest BCUT2D eigenvalue weighted by atomic mass is 9.67. The smallest absolute Gasteiger partial charge is 0.231 e. The number of carbonyl (C=O) groups excluding carboxylic acids is 1. The van der Waals surface area contributed by atoms with Crippen molar-refractivity contribution in [3.05, 3.63) is 77.9 Å². The predicted octanol–water partition coefficient (Wildman–Crippen LogP) is 4.87. The standard InChI is InChI=1S/C22H25NO/c1-4-19-21(24)23(5-2)20(17-12-8-6-9-13-17)16-22(19,3)18-14-10-7-11-15-18/h6-16,19H,4-5H2,1-3H3. The Labute approximate surface area is 144 Å². The lowest BCUT2D eigenvalue weighted by Gasteiger charge is -2.43. The van der Waals surface area contributed by atoms with Gasteiger partial charge in [-0.3, -0.25) is 4.79 Å². The van der Waals surface area contributed by atoms with Crippen molar-refractivity contribution in [1.82, 2.24) is 4.90 Å². The number of carbonyl (C=O) groups is 1. The molecule has 0 fully saturated rings. The molecule has 0 N–H and O–H groups in total. The molecule has 24 heavy (non-hydrogen) atoms. The van der Waals surface area contributed by atoms with Crippen LogP contribution in [0.4, 0.5) is 0 Å². The fraction of sp³-hybridized carbons (Fsp3) is 0.318. The summed E-state index contributed by atoms with van der Waals surface area (Å²) in [5.74, 6) is 0.194. The molecule has 0 aromatic heterocycles. The van der Waals surface area contributed by atoms with E-state index >= 15 is 0 Å². The van der Waals surface area contributed by atoms with E-state index in [1.165, 1.54) is 5.56 Å². The van der Waals surface area contributed by atoms with Crippen LogP contribution in [0.15, 0.2) is 66.7 Å². The maximum Gasteiger partial charge on any atom is 0.231 e. The van der Waals surface area contributed by atoms with Crippen molar-refractivity contribution >= 4 is 11.6 Å². The highest BCUT2D eigenvalue weighted by molar-refractivity contribution is 5.93. The van der Waals surface area contributed by atoms with E-state index in [9.17, 15) is 4.79 Å². The monoisotopic (exact) mass is 319 g/mol. The normalized spacial score (nSPS) is 24.0. The van der Waals surface area contributed by atoms with Crippen molar-refractivity contribution in [2.24, 2.45) is 5.92 Å². The van der Waals surface area contributed by atoms with E-state index in [2.05, 4.69) is 56.3 Å². The minimum atomic E-state index is -0.288. The molecule has 2 aromatic rings. The van der Waals surface area contributed by atoms with Crippen LogP contribution < -0.4 is 0 Å².